The van der Waals surface area contributed by atoms with Gasteiger partial charge in [0.15, 0.2) is 5.78 Å². The molecule has 18 heavy (non-hydrogen) atoms. The molecule has 1 aromatic carbocycles. The Morgan fingerprint density at radius 3 is 2.61 bits per heavy atom. The van der Waals surface area contributed by atoms with Gasteiger partial charge in [-0.1, -0.05) is 36.4 Å². The Balaban J connectivity index is 2.03. The van der Waals surface area contributed by atoms with E-state index in [0.29, 0.717) is 13.0 Å². The van der Waals surface area contributed by atoms with Crippen LogP contribution in [-0.2, 0) is 6.54 Å². The van der Waals surface area contributed by atoms with Crippen LogP contribution in [0.1, 0.15) is 22.3 Å². The molecule has 1 aliphatic rings. The lowest BCUT2D eigenvalue weighted by Gasteiger charge is -2.25. The summed E-state index contributed by atoms with van der Waals surface area (Å²) in [5.41, 5.74) is 7.33. The molecule has 0 saturated heterocycles. The lowest BCUT2D eigenvalue weighted by molar-refractivity contribution is 0.0961. The summed E-state index contributed by atoms with van der Waals surface area (Å²) in [6.45, 7) is 0.507. The van der Waals surface area contributed by atoms with Crippen molar-refractivity contribution < 1.29 is 4.79 Å². The zero-order valence-corrected chi connectivity index (χ0v) is 10.5. The fourth-order valence-corrected chi connectivity index (χ4v) is 1.97. The number of hydrogen-bond acceptors (Lipinski definition) is 3. The minimum Gasteiger partial charge on any atom is -0.374 e. The van der Waals surface area contributed by atoms with E-state index < -0.39 is 0 Å². The molecule has 1 aliphatic heterocycles. The number of nitrogens with two attached hydrogens (primary N) is 1. The van der Waals surface area contributed by atoms with Crippen LogP contribution in [-0.4, -0.2) is 23.8 Å². The Bertz CT molecular complexity index is 474. The number of Topliss-reactive ketones (excluding diaryl/α,β-unsaturated/α-hetero) is 1. The third-order valence-electron chi connectivity index (χ3n) is 3.19. The Hall–Kier alpha value is -1.87. The second-order valence-corrected chi connectivity index (χ2v) is 4.49. The highest BCUT2D eigenvalue weighted by atomic mass is 16.1. The van der Waals surface area contributed by atoms with E-state index in [0.717, 1.165) is 11.1 Å². The van der Waals surface area contributed by atoms with Crippen LogP contribution >= 0.6 is 0 Å². The highest BCUT2D eigenvalue weighted by Crippen LogP contribution is 2.14. The highest BCUT2D eigenvalue weighted by Gasteiger charge is 2.16. The quantitative estimate of drug-likeness (QED) is 0.822. The van der Waals surface area contributed by atoms with Gasteiger partial charge in [0.2, 0.25) is 0 Å². The highest BCUT2D eigenvalue weighted by molar-refractivity contribution is 5.96. The summed E-state index contributed by atoms with van der Waals surface area (Å²) < 4.78 is 0. The third kappa shape index (κ3) is 2.87. The molecule has 1 atom stereocenters. The number of hydrogen-bond donors (Lipinski definition) is 1. The molecule has 0 aromatic heterocycles. The maximum absolute atomic E-state index is 12.1. The first-order valence-corrected chi connectivity index (χ1v) is 6.10. The van der Waals surface area contributed by atoms with Crippen LogP contribution < -0.4 is 5.73 Å². The molecule has 2 N–H and O–H groups in total. The van der Waals surface area contributed by atoms with Crippen LogP contribution in [0.3, 0.4) is 0 Å². The molecule has 3 nitrogen and oxygen atoms in total. The summed E-state index contributed by atoms with van der Waals surface area (Å²) in [6.07, 6.45) is 8.48. The van der Waals surface area contributed by atoms with E-state index in [1.54, 1.807) is 0 Å². The van der Waals surface area contributed by atoms with Crippen molar-refractivity contribution in [3.05, 3.63) is 59.8 Å². The number of benzene rings is 1. The van der Waals surface area contributed by atoms with Crippen molar-refractivity contribution in [2.24, 2.45) is 5.73 Å². The summed E-state index contributed by atoms with van der Waals surface area (Å²) in [5, 5.41) is 0. The van der Waals surface area contributed by atoms with Gasteiger partial charge in [0.05, 0.1) is 6.04 Å². The number of likely N-dealkylation sites (N-methyl/N-ethyl adjacent to an activating group) is 1. The van der Waals surface area contributed by atoms with Gasteiger partial charge >= 0.3 is 0 Å². The maximum atomic E-state index is 12.1. The number of ketones is 1. The molecular weight excluding hydrogens is 224 g/mol. The smallest absolute Gasteiger partial charge is 0.165 e. The predicted molar refractivity (Wildman–Crippen MR) is 73.1 cm³/mol. The largest absolute Gasteiger partial charge is 0.374 e. The van der Waals surface area contributed by atoms with E-state index >= 15 is 0 Å². The predicted octanol–water partition coefficient (Wildman–Crippen LogP) is 2.10. The fourth-order valence-electron chi connectivity index (χ4n) is 1.97. The number of allylic oxidation sites excluding steroid dienone is 2. The molecular formula is C15H18N2O. The molecule has 0 aliphatic carbocycles. The zero-order chi connectivity index (χ0) is 13.0. The Kier molecular flexibility index (Phi) is 3.95. The lowest BCUT2D eigenvalue weighted by Crippen LogP contribution is -2.29. The number of carbonyl (C=O) groups excluding carboxylic acids is 1. The summed E-state index contributed by atoms with van der Waals surface area (Å²) >= 11 is 0. The van der Waals surface area contributed by atoms with Gasteiger partial charge in [-0.25, -0.2) is 0 Å². The van der Waals surface area contributed by atoms with Crippen molar-refractivity contribution in [1.29, 1.82) is 0 Å². The van der Waals surface area contributed by atoms with Gasteiger partial charge in [-0.3, -0.25) is 4.79 Å². The molecule has 0 bridgehead atoms. The number of nitrogens with zero attached hydrogens (tertiary/aromatic N) is 1. The Morgan fingerprint density at radius 1 is 1.28 bits per heavy atom. The third-order valence-corrected chi connectivity index (χ3v) is 3.19. The van der Waals surface area contributed by atoms with Gasteiger partial charge in [0.1, 0.15) is 0 Å². The Morgan fingerprint density at radius 2 is 2.00 bits per heavy atom. The molecule has 1 unspecified atom stereocenters. The first kappa shape index (κ1) is 12.6. The molecule has 1 heterocycles. The molecule has 0 fully saturated rings. The van der Waals surface area contributed by atoms with Crippen LogP contribution in [0.5, 0.6) is 0 Å². The van der Waals surface area contributed by atoms with E-state index in [9.17, 15) is 4.79 Å². The normalized spacial score (nSPS) is 18.1. The number of rotatable bonds is 4. The minimum atomic E-state index is 0.150. The van der Waals surface area contributed by atoms with Crippen LogP contribution in [0.4, 0.5) is 0 Å². The zero-order valence-electron chi connectivity index (χ0n) is 10.5. The van der Waals surface area contributed by atoms with Crippen LogP contribution in [0.2, 0.25) is 0 Å². The van der Waals surface area contributed by atoms with Gasteiger partial charge in [-0.05, 0) is 17.8 Å². The summed E-state index contributed by atoms with van der Waals surface area (Å²) in [7, 11) is 1.98. The van der Waals surface area contributed by atoms with Crippen LogP contribution in [0.25, 0.3) is 0 Å². The second-order valence-electron chi connectivity index (χ2n) is 4.49. The van der Waals surface area contributed by atoms with Crippen molar-refractivity contribution in [3.8, 4) is 0 Å². The SMILES string of the molecule is CN1C=CC=CC1CC(=O)c1ccc(CN)cc1. The summed E-state index contributed by atoms with van der Waals surface area (Å²) in [5.74, 6) is 0.162. The monoisotopic (exact) mass is 242 g/mol. The average molecular weight is 242 g/mol. The topological polar surface area (TPSA) is 46.3 Å². The van der Waals surface area contributed by atoms with E-state index in [1.807, 2.05) is 60.6 Å². The standard InChI is InChI=1S/C15H18N2O/c1-17-9-3-2-4-14(17)10-15(18)13-7-5-12(11-16)6-8-13/h2-9,14H,10-11,16H2,1H3. The molecule has 0 spiro atoms. The molecule has 0 radical (unpaired) electrons. The van der Waals surface area contributed by atoms with E-state index in [2.05, 4.69) is 0 Å². The minimum absolute atomic E-state index is 0.150. The summed E-state index contributed by atoms with van der Waals surface area (Å²) in [6, 6.07) is 7.68. The lowest BCUT2D eigenvalue weighted by atomic mass is 10.0. The number of carbonyl (C=O) groups is 1. The molecule has 0 amide bonds. The van der Waals surface area contributed by atoms with Crippen LogP contribution in [0, 0.1) is 0 Å². The first-order chi connectivity index (χ1) is 8.70. The van der Waals surface area contributed by atoms with E-state index in [4.69, 9.17) is 5.73 Å². The average Bonchev–Trinajstić information content (AvgIpc) is 2.41. The Labute approximate surface area is 108 Å². The molecule has 1 aromatic rings. The molecule has 3 heteroatoms. The van der Waals surface area contributed by atoms with Gasteiger partial charge in [-0.15, -0.1) is 0 Å². The van der Waals surface area contributed by atoms with Crippen molar-refractivity contribution in [1.82, 2.24) is 4.90 Å². The van der Waals surface area contributed by atoms with Crippen molar-refractivity contribution in [2.45, 2.75) is 19.0 Å². The van der Waals surface area contributed by atoms with Crippen LogP contribution in [0.15, 0.2) is 48.7 Å². The first-order valence-electron chi connectivity index (χ1n) is 6.10. The van der Waals surface area contributed by atoms with Crippen molar-refractivity contribution in [3.63, 3.8) is 0 Å². The molecule has 2 rings (SSSR count). The second kappa shape index (κ2) is 5.65. The molecule has 94 valence electrons. The molecule has 0 saturated carbocycles. The summed E-state index contributed by atoms with van der Waals surface area (Å²) in [4.78, 5) is 14.2. The van der Waals surface area contributed by atoms with E-state index in [-0.39, 0.29) is 11.8 Å². The van der Waals surface area contributed by atoms with Crippen molar-refractivity contribution >= 4 is 5.78 Å². The van der Waals surface area contributed by atoms with Crippen molar-refractivity contribution in [2.75, 3.05) is 7.05 Å². The van der Waals surface area contributed by atoms with Gasteiger partial charge in [0.25, 0.3) is 0 Å². The van der Waals surface area contributed by atoms with Gasteiger partial charge in [-0.2, -0.15) is 0 Å². The van der Waals surface area contributed by atoms with Gasteiger partial charge < -0.3 is 10.6 Å². The van der Waals surface area contributed by atoms with Gasteiger partial charge in [0, 0.05) is 25.6 Å². The maximum Gasteiger partial charge on any atom is 0.165 e. The van der Waals surface area contributed by atoms with E-state index in [1.165, 1.54) is 0 Å². The fraction of sp³-hybridized carbons (Fsp3) is 0.267.